The van der Waals surface area contributed by atoms with Crippen molar-refractivity contribution in [1.29, 1.82) is 0 Å². The standard InChI is InChI=1S/C13H15N3O2S/c1-8-11(19-13(14)16-8)12(17)15-7-9-3-5-10(18-2)6-4-9/h3-6H,7H2,1-2H3,(H2,14,16)(H,15,17). The van der Waals surface area contributed by atoms with Crippen molar-refractivity contribution in [2.75, 3.05) is 12.8 Å². The summed E-state index contributed by atoms with van der Waals surface area (Å²) in [7, 11) is 1.62. The second-order valence-corrected chi connectivity index (χ2v) is 5.03. The van der Waals surface area contributed by atoms with Gasteiger partial charge in [-0.1, -0.05) is 23.5 Å². The molecule has 19 heavy (non-hydrogen) atoms. The molecule has 0 radical (unpaired) electrons. The van der Waals surface area contributed by atoms with Gasteiger partial charge in [-0.05, 0) is 24.6 Å². The van der Waals surface area contributed by atoms with Gasteiger partial charge in [0.2, 0.25) is 0 Å². The van der Waals surface area contributed by atoms with E-state index in [1.165, 1.54) is 11.3 Å². The third-order valence-electron chi connectivity index (χ3n) is 2.63. The molecule has 0 saturated heterocycles. The fourth-order valence-electron chi connectivity index (χ4n) is 1.63. The molecule has 0 spiro atoms. The van der Waals surface area contributed by atoms with Gasteiger partial charge in [0.05, 0.1) is 12.8 Å². The van der Waals surface area contributed by atoms with E-state index in [0.29, 0.717) is 22.2 Å². The Labute approximate surface area is 115 Å². The van der Waals surface area contributed by atoms with Crippen molar-refractivity contribution in [3.05, 3.63) is 40.4 Å². The molecular formula is C13H15N3O2S. The lowest BCUT2D eigenvalue weighted by Gasteiger charge is -2.05. The number of aromatic nitrogens is 1. The Morgan fingerprint density at radius 1 is 1.42 bits per heavy atom. The van der Waals surface area contributed by atoms with Crippen molar-refractivity contribution in [1.82, 2.24) is 10.3 Å². The Kier molecular flexibility index (Phi) is 4.01. The summed E-state index contributed by atoms with van der Waals surface area (Å²) in [6.07, 6.45) is 0. The summed E-state index contributed by atoms with van der Waals surface area (Å²) in [6, 6.07) is 7.54. The predicted molar refractivity (Wildman–Crippen MR) is 75.4 cm³/mol. The fourth-order valence-corrected chi connectivity index (χ4v) is 2.38. The topological polar surface area (TPSA) is 77.2 Å². The Hall–Kier alpha value is -2.08. The zero-order valence-electron chi connectivity index (χ0n) is 10.8. The Balaban J connectivity index is 1.98. The van der Waals surface area contributed by atoms with Gasteiger partial charge in [0.25, 0.3) is 5.91 Å². The minimum atomic E-state index is -0.150. The van der Waals surface area contributed by atoms with Crippen LogP contribution in [0.2, 0.25) is 0 Å². The van der Waals surface area contributed by atoms with Gasteiger partial charge < -0.3 is 15.8 Å². The van der Waals surface area contributed by atoms with Crippen LogP contribution in [0.15, 0.2) is 24.3 Å². The normalized spacial score (nSPS) is 10.2. The van der Waals surface area contributed by atoms with Crippen LogP contribution in [-0.2, 0) is 6.54 Å². The Morgan fingerprint density at radius 3 is 2.63 bits per heavy atom. The minimum absolute atomic E-state index is 0.150. The van der Waals surface area contributed by atoms with Crippen LogP contribution in [0.25, 0.3) is 0 Å². The molecule has 1 aromatic heterocycles. The van der Waals surface area contributed by atoms with Crippen LogP contribution in [0.4, 0.5) is 5.13 Å². The van der Waals surface area contributed by atoms with Crippen LogP contribution >= 0.6 is 11.3 Å². The molecule has 0 atom stereocenters. The van der Waals surface area contributed by atoms with E-state index < -0.39 is 0 Å². The van der Waals surface area contributed by atoms with E-state index in [1.54, 1.807) is 14.0 Å². The summed E-state index contributed by atoms with van der Waals surface area (Å²) in [5, 5.41) is 3.25. The van der Waals surface area contributed by atoms with Crippen molar-refractivity contribution in [3.63, 3.8) is 0 Å². The first-order valence-electron chi connectivity index (χ1n) is 5.74. The number of carbonyl (C=O) groups excluding carboxylic acids is 1. The second-order valence-electron chi connectivity index (χ2n) is 4.00. The third-order valence-corrected chi connectivity index (χ3v) is 3.62. The van der Waals surface area contributed by atoms with Gasteiger partial charge in [0, 0.05) is 6.54 Å². The molecule has 2 aromatic rings. The number of thiazole rings is 1. The van der Waals surface area contributed by atoms with Crippen LogP contribution in [0, 0.1) is 6.92 Å². The number of carbonyl (C=O) groups is 1. The van der Waals surface area contributed by atoms with E-state index >= 15 is 0 Å². The highest BCUT2D eigenvalue weighted by molar-refractivity contribution is 7.17. The van der Waals surface area contributed by atoms with Crippen molar-refractivity contribution in [3.8, 4) is 5.75 Å². The highest BCUT2D eigenvalue weighted by Gasteiger charge is 2.13. The van der Waals surface area contributed by atoms with Crippen LogP contribution in [0.1, 0.15) is 20.9 Å². The fraction of sp³-hybridized carbons (Fsp3) is 0.231. The number of nitrogens with zero attached hydrogens (tertiary/aromatic N) is 1. The van der Waals surface area contributed by atoms with Gasteiger partial charge in [-0.15, -0.1) is 0 Å². The number of benzene rings is 1. The number of nitrogens with one attached hydrogen (secondary N) is 1. The summed E-state index contributed by atoms with van der Waals surface area (Å²) in [5.74, 6) is 0.642. The molecular weight excluding hydrogens is 262 g/mol. The first kappa shape index (κ1) is 13.4. The molecule has 6 heteroatoms. The largest absolute Gasteiger partial charge is 0.497 e. The van der Waals surface area contributed by atoms with Gasteiger partial charge >= 0.3 is 0 Å². The number of aryl methyl sites for hydroxylation is 1. The van der Waals surface area contributed by atoms with E-state index in [4.69, 9.17) is 10.5 Å². The average Bonchev–Trinajstić information content (AvgIpc) is 2.75. The quantitative estimate of drug-likeness (QED) is 0.895. The van der Waals surface area contributed by atoms with Gasteiger partial charge in [0.15, 0.2) is 5.13 Å². The maximum absolute atomic E-state index is 12.0. The number of hydrogen-bond donors (Lipinski definition) is 2. The summed E-state index contributed by atoms with van der Waals surface area (Å²) >= 11 is 1.20. The van der Waals surface area contributed by atoms with E-state index in [2.05, 4.69) is 10.3 Å². The molecule has 0 bridgehead atoms. The van der Waals surface area contributed by atoms with Crippen LogP contribution in [0.3, 0.4) is 0 Å². The molecule has 0 fully saturated rings. The second kappa shape index (κ2) is 5.71. The highest BCUT2D eigenvalue weighted by Crippen LogP contribution is 2.19. The number of amides is 1. The maximum atomic E-state index is 12.0. The summed E-state index contributed by atoms with van der Waals surface area (Å²) in [6.45, 7) is 2.23. The number of rotatable bonds is 4. The molecule has 3 N–H and O–H groups in total. The van der Waals surface area contributed by atoms with Crippen LogP contribution < -0.4 is 15.8 Å². The van der Waals surface area contributed by atoms with E-state index in [-0.39, 0.29) is 5.91 Å². The number of nitrogen functional groups attached to an aromatic ring is 1. The maximum Gasteiger partial charge on any atom is 0.263 e. The molecule has 0 aliphatic carbocycles. The number of nitrogens with two attached hydrogens (primary N) is 1. The molecule has 2 rings (SSSR count). The van der Waals surface area contributed by atoms with Crippen LogP contribution in [0.5, 0.6) is 5.75 Å². The molecule has 100 valence electrons. The summed E-state index contributed by atoms with van der Waals surface area (Å²) in [5.41, 5.74) is 7.24. The lowest BCUT2D eigenvalue weighted by Crippen LogP contribution is -2.22. The van der Waals surface area contributed by atoms with E-state index in [9.17, 15) is 4.79 Å². The summed E-state index contributed by atoms with van der Waals surface area (Å²) in [4.78, 5) is 16.5. The van der Waals surface area contributed by atoms with E-state index in [0.717, 1.165) is 11.3 Å². The molecule has 0 saturated carbocycles. The van der Waals surface area contributed by atoms with Crippen molar-refractivity contribution in [2.24, 2.45) is 0 Å². The number of methoxy groups -OCH3 is 1. The highest BCUT2D eigenvalue weighted by atomic mass is 32.1. The lowest BCUT2D eigenvalue weighted by atomic mass is 10.2. The SMILES string of the molecule is COc1ccc(CNC(=O)c2sc(N)nc2C)cc1. The average molecular weight is 277 g/mol. The molecule has 1 aromatic carbocycles. The minimum Gasteiger partial charge on any atom is -0.497 e. The Morgan fingerprint density at radius 2 is 2.11 bits per heavy atom. The molecule has 0 aliphatic heterocycles. The summed E-state index contributed by atoms with van der Waals surface area (Å²) < 4.78 is 5.07. The smallest absolute Gasteiger partial charge is 0.263 e. The molecule has 0 unspecified atom stereocenters. The van der Waals surface area contributed by atoms with E-state index in [1.807, 2.05) is 24.3 Å². The zero-order valence-corrected chi connectivity index (χ0v) is 11.6. The first-order chi connectivity index (χ1) is 9.10. The molecule has 0 aliphatic rings. The van der Waals surface area contributed by atoms with Crippen LogP contribution in [-0.4, -0.2) is 18.0 Å². The number of anilines is 1. The predicted octanol–water partition coefficient (Wildman–Crippen LogP) is 1.97. The zero-order chi connectivity index (χ0) is 13.8. The van der Waals surface area contributed by atoms with Crippen molar-refractivity contribution in [2.45, 2.75) is 13.5 Å². The molecule has 1 heterocycles. The number of hydrogen-bond acceptors (Lipinski definition) is 5. The first-order valence-corrected chi connectivity index (χ1v) is 6.56. The third kappa shape index (κ3) is 3.23. The molecule has 1 amide bonds. The van der Waals surface area contributed by atoms with Gasteiger partial charge in [0.1, 0.15) is 10.6 Å². The van der Waals surface area contributed by atoms with Crippen molar-refractivity contribution < 1.29 is 9.53 Å². The number of ether oxygens (including phenoxy) is 1. The Bertz CT molecular complexity index is 578. The monoisotopic (exact) mass is 277 g/mol. The lowest BCUT2D eigenvalue weighted by molar-refractivity contribution is 0.0954. The van der Waals surface area contributed by atoms with Gasteiger partial charge in [-0.25, -0.2) is 4.98 Å². The van der Waals surface area contributed by atoms with Gasteiger partial charge in [-0.3, -0.25) is 4.79 Å². The van der Waals surface area contributed by atoms with Gasteiger partial charge in [-0.2, -0.15) is 0 Å². The molecule has 5 nitrogen and oxygen atoms in total. The van der Waals surface area contributed by atoms with Crippen molar-refractivity contribution >= 4 is 22.4 Å².